The molecule has 2 N–H and O–H groups in total. The molecule has 9 nitrogen and oxygen atoms in total. The van der Waals surface area contributed by atoms with Crippen LogP contribution >= 0.6 is 0 Å². The predicted molar refractivity (Wildman–Crippen MR) is 105 cm³/mol. The fourth-order valence-electron chi connectivity index (χ4n) is 2.79. The molecule has 0 radical (unpaired) electrons. The van der Waals surface area contributed by atoms with Crippen molar-refractivity contribution in [2.75, 3.05) is 12.0 Å². The first-order valence-corrected chi connectivity index (χ1v) is 9.06. The zero-order chi connectivity index (χ0) is 22.0. The molecule has 160 valence electrons. The second-order valence-corrected chi connectivity index (χ2v) is 6.57. The van der Waals surface area contributed by atoms with E-state index in [1.165, 1.54) is 17.1 Å². The number of rotatable bonds is 7. The highest BCUT2D eigenvalue weighted by Crippen LogP contribution is 2.25. The van der Waals surface area contributed by atoms with Crippen LogP contribution in [0.1, 0.15) is 10.4 Å². The Bertz CT molecular complexity index is 1220. The van der Waals surface area contributed by atoms with E-state index in [1.54, 1.807) is 37.6 Å². The number of aryl methyl sites for hydroxylation is 1. The molecule has 0 saturated carbocycles. The number of anilines is 1. The Morgan fingerprint density at radius 3 is 2.84 bits per heavy atom. The second kappa shape index (κ2) is 8.42. The highest BCUT2D eigenvalue weighted by Gasteiger charge is 2.23. The van der Waals surface area contributed by atoms with E-state index in [4.69, 9.17) is 4.74 Å². The monoisotopic (exact) mass is 431 g/mol. The Morgan fingerprint density at radius 2 is 2.13 bits per heavy atom. The number of carbonyl (C=O) groups excluding carboxylic acids is 1. The van der Waals surface area contributed by atoms with Gasteiger partial charge in [0.2, 0.25) is 0 Å². The van der Waals surface area contributed by atoms with Gasteiger partial charge in [0, 0.05) is 37.1 Å². The number of fused-ring (bicyclic) bond motifs is 1. The van der Waals surface area contributed by atoms with Crippen LogP contribution in [-0.4, -0.2) is 54.8 Å². The number of alkyl halides is 3. The highest BCUT2D eigenvalue weighted by atomic mass is 19.3. The van der Waals surface area contributed by atoms with Gasteiger partial charge in [-0.2, -0.15) is 10.1 Å². The average Bonchev–Trinajstić information content (AvgIpc) is 3.38. The van der Waals surface area contributed by atoms with E-state index >= 15 is 0 Å². The number of pyridine rings is 1. The largest absolute Gasteiger partial charge is 0.451 e. The lowest BCUT2D eigenvalue weighted by atomic mass is 10.2. The average molecular weight is 431 g/mol. The zero-order valence-electron chi connectivity index (χ0n) is 16.1. The van der Waals surface area contributed by atoms with Crippen molar-refractivity contribution in [3.05, 3.63) is 48.5 Å². The normalized spacial score (nSPS) is 12.3. The lowest BCUT2D eigenvalue weighted by molar-refractivity contribution is -0.00600. The number of ether oxygens (including phenoxy) is 1. The Kier molecular flexibility index (Phi) is 5.52. The summed E-state index contributed by atoms with van der Waals surface area (Å²) in [6.07, 6.45) is 0.961. The maximum Gasteiger partial charge on any atom is 0.317 e. The molecule has 31 heavy (non-hydrogen) atoms. The summed E-state index contributed by atoms with van der Waals surface area (Å²) in [5.41, 5.74) is 1.94. The molecule has 4 aromatic heterocycles. The third-order valence-electron chi connectivity index (χ3n) is 4.31. The summed E-state index contributed by atoms with van der Waals surface area (Å²) in [6.45, 7) is -1.36. The van der Waals surface area contributed by atoms with Gasteiger partial charge in [-0.1, -0.05) is 0 Å². The van der Waals surface area contributed by atoms with E-state index < -0.39 is 19.2 Å². The smallest absolute Gasteiger partial charge is 0.317 e. The van der Waals surface area contributed by atoms with Crippen molar-refractivity contribution in [3.63, 3.8) is 0 Å². The van der Waals surface area contributed by atoms with E-state index in [1.807, 2.05) is 0 Å². The summed E-state index contributed by atoms with van der Waals surface area (Å²) in [5, 5.41) is 7.36. The maximum absolute atomic E-state index is 12.7. The number of aromatic nitrogens is 6. The zero-order valence-corrected chi connectivity index (χ0v) is 16.1. The Hall–Kier alpha value is -3.96. The second-order valence-electron chi connectivity index (χ2n) is 6.57. The first kappa shape index (κ1) is 20.3. The summed E-state index contributed by atoms with van der Waals surface area (Å²) >= 11 is 0. The van der Waals surface area contributed by atoms with E-state index in [-0.39, 0.29) is 11.9 Å². The molecule has 0 aromatic carbocycles. The first-order valence-electron chi connectivity index (χ1n) is 9.06. The maximum atomic E-state index is 12.7. The van der Waals surface area contributed by atoms with Gasteiger partial charge in [0.1, 0.15) is 12.5 Å². The van der Waals surface area contributed by atoms with Gasteiger partial charge in [0.15, 0.2) is 6.10 Å². The van der Waals surface area contributed by atoms with E-state index in [9.17, 15) is 18.0 Å². The van der Waals surface area contributed by atoms with Gasteiger partial charge in [-0.3, -0.25) is 9.48 Å². The minimum Gasteiger partial charge on any atom is -0.451 e. The third kappa shape index (κ3) is 4.47. The molecule has 0 fully saturated rings. The molecule has 4 aromatic rings. The van der Waals surface area contributed by atoms with E-state index in [0.717, 1.165) is 5.39 Å². The molecule has 0 aliphatic rings. The molecule has 0 bridgehead atoms. The topological polar surface area (TPSA) is 111 Å². The molecule has 1 unspecified atom stereocenters. The van der Waals surface area contributed by atoms with Crippen LogP contribution in [0.15, 0.2) is 43.0 Å². The third-order valence-corrected chi connectivity index (χ3v) is 4.31. The van der Waals surface area contributed by atoms with E-state index in [0.29, 0.717) is 28.3 Å². The standard InChI is InChI=1S/C19H16F3N7O2/c1-29-9-11(8-25-29)18(30)28-16-5-13-10(7-24-16)4-14(26-13)12-2-3-23-19(27-12)31-15(6-20)17(21)22/h2-5,7-9,15,17,26H,6H2,1H3,(H,24,28,30). The molecule has 0 aliphatic heterocycles. The van der Waals surface area contributed by atoms with Crippen LogP contribution in [0.4, 0.5) is 19.0 Å². The van der Waals surface area contributed by atoms with Gasteiger partial charge in [-0.15, -0.1) is 0 Å². The summed E-state index contributed by atoms with van der Waals surface area (Å²) in [7, 11) is 1.70. The van der Waals surface area contributed by atoms with Crippen LogP contribution in [-0.2, 0) is 7.05 Å². The molecule has 1 amide bonds. The summed E-state index contributed by atoms with van der Waals surface area (Å²) in [6, 6.07) is 4.56. The minimum absolute atomic E-state index is 0.323. The fraction of sp³-hybridized carbons (Fsp3) is 0.211. The van der Waals surface area contributed by atoms with Crippen LogP contribution in [0.25, 0.3) is 22.3 Å². The number of hydrogen-bond donors (Lipinski definition) is 2. The summed E-state index contributed by atoms with van der Waals surface area (Å²) < 4.78 is 44.5. The molecular formula is C19H16F3N7O2. The van der Waals surface area contributed by atoms with Crippen LogP contribution < -0.4 is 10.1 Å². The molecule has 1 atom stereocenters. The molecule has 12 heteroatoms. The predicted octanol–water partition coefficient (Wildman–Crippen LogP) is 2.99. The Labute approximate surface area is 173 Å². The van der Waals surface area contributed by atoms with Crippen LogP contribution in [0.5, 0.6) is 6.01 Å². The van der Waals surface area contributed by atoms with E-state index in [2.05, 4.69) is 30.4 Å². The molecule has 0 saturated heterocycles. The van der Waals surface area contributed by atoms with Crippen molar-refractivity contribution >= 4 is 22.6 Å². The molecule has 4 heterocycles. The fourth-order valence-corrected chi connectivity index (χ4v) is 2.79. The quantitative estimate of drug-likeness (QED) is 0.466. The Balaban J connectivity index is 1.56. The molecule has 0 spiro atoms. The molecule has 4 rings (SSSR count). The Morgan fingerprint density at radius 1 is 1.29 bits per heavy atom. The summed E-state index contributed by atoms with van der Waals surface area (Å²) in [5.74, 6) is -0.0325. The lowest BCUT2D eigenvalue weighted by Crippen LogP contribution is -2.28. The van der Waals surface area contributed by atoms with Crippen LogP contribution in [0, 0.1) is 0 Å². The first-order chi connectivity index (χ1) is 14.9. The van der Waals surface area contributed by atoms with Crippen molar-refractivity contribution in [2.45, 2.75) is 12.5 Å². The number of H-pyrrole nitrogens is 1. The lowest BCUT2D eigenvalue weighted by Gasteiger charge is -2.13. The van der Waals surface area contributed by atoms with Crippen molar-refractivity contribution in [1.29, 1.82) is 0 Å². The van der Waals surface area contributed by atoms with Gasteiger partial charge >= 0.3 is 6.01 Å². The van der Waals surface area contributed by atoms with Gasteiger partial charge in [-0.05, 0) is 12.1 Å². The number of nitrogens with zero attached hydrogens (tertiary/aromatic N) is 5. The SMILES string of the molecule is Cn1cc(C(=O)Nc2cc3[nH]c(-c4ccnc(OC(CF)C(F)F)n4)cc3cn2)cn1. The van der Waals surface area contributed by atoms with Gasteiger partial charge < -0.3 is 15.0 Å². The molecule has 0 aliphatic carbocycles. The number of hydrogen-bond acceptors (Lipinski definition) is 6. The van der Waals surface area contributed by atoms with Gasteiger partial charge in [0.25, 0.3) is 12.3 Å². The molecular weight excluding hydrogens is 415 g/mol. The highest BCUT2D eigenvalue weighted by molar-refractivity contribution is 6.04. The number of amides is 1. The van der Waals surface area contributed by atoms with Crippen molar-refractivity contribution < 1.29 is 22.7 Å². The number of aromatic amines is 1. The number of halogens is 3. The van der Waals surface area contributed by atoms with Crippen molar-refractivity contribution in [1.82, 2.24) is 29.7 Å². The van der Waals surface area contributed by atoms with Crippen LogP contribution in [0.2, 0.25) is 0 Å². The number of nitrogens with one attached hydrogen (secondary N) is 2. The van der Waals surface area contributed by atoms with Gasteiger partial charge in [-0.25, -0.2) is 23.1 Å². The van der Waals surface area contributed by atoms with Crippen molar-refractivity contribution in [2.24, 2.45) is 7.05 Å². The minimum atomic E-state index is -3.00. The van der Waals surface area contributed by atoms with Crippen molar-refractivity contribution in [3.8, 4) is 17.4 Å². The van der Waals surface area contributed by atoms with Gasteiger partial charge in [0.05, 0.1) is 28.7 Å². The number of carbonyl (C=O) groups is 1. The van der Waals surface area contributed by atoms with Crippen LogP contribution in [0.3, 0.4) is 0 Å². The summed E-state index contributed by atoms with van der Waals surface area (Å²) in [4.78, 5) is 27.4.